The minimum Gasteiger partial charge on any atom is -0.507 e. The molecule has 0 unspecified atom stereocenters. The number of aliphatic imine (C=N–C) groups is 4. The van der Waals surface area contributed by atoms with Crippen LogP contribution in [0.5, 0.6) is 23.0 Å². The van der Waals surface area contributed by atoms with Gasteiger partial charge in [-0.25, -0.2) is 31.3 Å². The zero-order chi connectivity index (χ0) is 69.2. The van der Waals surface area contributed by atoms with Gasteiger partial charge in [0.15, 0.2) is 23.3 Å². The van der Waals surface area contributed by atoms with Crippen LogP contribution in [-0.2, 0) is 93.0 Å². The molecule has 0 aliphatic heterocycles. The van der Waals surface area contributed by atoms with Gasteiger partial charge in [0.2, 0.25) is 5.82 Å². The summed E-state index contributed by atoms with van der Waals surface area (Å²) < 4.78 is 313. The molecule has 0 saturated heterocycles. The minimum atomic E-state index is -8.33. The third kappa shape index (κ3) is 23.3. The smallest absolute Gasteiger partial charge is 0.507 e. The molecule has 530 valence electrons. The van der Waals surface area contributed by atoms with Gasteiger partial charge in [-0.1, -0.05) is 72.8 Å². The monoisotopic (exact) mass is 1580 g/mol. The second kappa shape index (κ2) is 40.3. The first-order valence-electron chi connectivity index (χ1n) is 24.8. The van der Waals surface area contributed by atoms with Crippen molar-refractivity contribution in [2.75, 3.05) is 6.54 Å². The fraction of sp³-hybridized carbons (Fsp3) is 0.206. The molecular formula is C63H54F24N4O4Ti4+4. The number of aromatic hydroxyl groups is 4. The quantitative estimate of drug-likeness (QED) is 0.0216. The Morgan fingerprint density at radius 1 is 0.333 bits per heavy atom. The second-order valence-corrected chi connectivity index (χ2v) is 18.8. The number of alkyl halides is 18. The number of hydrogen-bond acceptors (Lipinski definition) is 8. The van der Waals surface area contributed by atoms with Crippen molar-refractivity contribution < 1.29 is 213 Å². The molecule has 99 heavy (non-hydrogen) atoms. The normalized spacial score (nSPS) is 11.8. The van der Waals surface area contributed by atoms with Gasteiger partial charge in [-0.05, 0) is 98.5 Å². The Morgan fingerprint density at radius 2 is 0.626 bits per heavy atom. The van der Waals surface area contributed by atoms with E-state index < -0.39 is 106 Å². The third-order valence-corrected chi connectivity index (χ3v) is 12.3. The van der Waals surface area contributed by atoms with E-state index in [2.05, 4.69) is 20.0 Å². The van der Waals surface area contributed by atoms with Crippen molar-refractivity contribution in [1.29, 1.82) is 0 Å². The molecule has 36 heteroatoms. The van der Waals surface area contributed by atoms with Crippen LogP contribution in [0.4, 0.5) is 122 Å². The number of aryl methyl sites for hydroxylation is 4. The van der Waals surface area contributed by atoms with Gasteiger partial charge in [0, 0.05) is 47.1 Å². The minimum absolute atomic E-state index is 0. The molecule has 0 heterocycles. The number of phenolic OH excluding ortho intramolecular Hbond substituents is 4. The average Bonchev–Trinajstić information content (AvgIpc) is 0.703. The first-order chi connectivity index (χ1) is 41.8. The van der Waals surface area contributed by atoms with Crippen LogP contribution in [0, 0.1) is 92.3 Å². The van der Waals surface area contributed by atoms with Crippen molar-refractivity contribution in [1.82, 2.24) is 0 Å². The third-order valence-electron chi connectivity index (χ3n) is 12.3. The molecule has 0 aliphatic carbocycles. The van der Waals surface area contributed by atoms with Crippen LogP contribution in [0.2, 0.25) is 0 Å². The Morgan fingerprint density at radius 3 is 0.980 bits per heavy atom. The Bertz CT molecular complexity index is 3820. The number of benzene rings is 7. The van der Waals surface area contributed by atoms with Gasteiger partial charge in [-0.2, -0.15) is 79.0 Å². The Balaban J connectivity index is -0.000000397. The largest absolute Gasteiger partial charge is 2.00 e. The summed E-state index contributed by atoms with van der Waals surface area (Å²) in [6, 6.07) is 29.5. The SMILES string of the molecule is Cc1cccc(C=NCC(F)(F)C(F)(F)C(F)(F)C(F)(F)C(F)(F)C(F)(F)C(F)(F)F)c1O.Cc1cccc(C=Nc2c(F)c(F)c(F)c(F)c2F)c1O.Cc1cccc(C=Nc2ccccc2C(F)(F)F)c1O.Cc1cccc(C=Nc2ccccc2F)c1O.[CH3-].[CH3-].[CH3-].[CH3-].[Ti+2].[Ti+2].[Ti+2].[Ti+2]. The van der Waals surface area contributed by atoms with Crippen molar-refractivity contribution in [3.63, 3.8) is 0 Å². The van der Waals surface area contributed by atoms with E-state index >= 15 is 0 Å². The molecule has 0 amide bonds. The van der Waals surface area contributed by atoms with E-state index in [1.165, 1.54) is 67.9 Å². The number of halogens is 24. The van der Waals surface area contributed by atoms with Gasteiger partial charge in [0.1, 0.15) is 41.0 Å². The molecule has 0 atom stereocenters. The van der Waals surface area contributed by atoms with Crippen LogP contribution >= 0.6 is 0 Å². The van der Waals surface area contributed by atoms with Gasteiger partial charge in [0.25, 0.3) is 0 Å². The Kier molecular flexibility index (Phi) is 41.2. The number of phenols is 4. The maximum absolute atomic E-state index is 13.6. The predicted octanol–water partition coefficient (Wildman–Crippen LogP) is 20.5. The summed E-state index contributed by atoms with van der Waals surface area (Å²) in [4.78, 5) is 13.6. The summed E-state index contributed by atoms with van der Waals surface area (Å²) in [5.74, 6) is -58.4. The summed E-state index contributed by atoms with van der Waals surface area (Å²) >= 11 is 0. The van der Waals surface area contributed by atoms with Gasteiger partial charge in [-0.15, -0.1) is 0 Å². The number of para-hydroxylation sites is 6. The molecule has 7 aromatic carbocycles. The van der Waals surface area contributed by atoms with Crippen molar-refractivity contribution in [2.24, 2.45) is 20.0 Å². The summed E-state index contributed by atoms with van der Waals surface area (Å²) in [5.41, 5.74) is 0.480. The summed E-state index contributed by atoms with van der Waals surface area (Å²) in [6.07, 6.45) is -8.42. The zero-order valence-electron chi connectivity index (χ0n) is 52.2. The Labute approximate surface area is 611 Å². The summed E-state index contributed by atoms with van der Waals surface area (Å²) in [5, 5.41) is 38.8. The van der Waals surface area contributed by atoms with Crippen molar-refractivity contribution >= 4 is 41.9 Å². The molecule has 0 aliphatic rings. The topological polar surface area (TPSA) is 130 Å². The fourth-order valence-corrected chi connectivity index (χ4v) is 7.00. The van der Waals surface area contributed by atoms with Crippen molar-refractivity contribution in [2.45, 2.75) is 75.6 Å². The van der Waals surface area contributed by atoms with Gasteiger partial charge in [0.05, 0.1) is 16.9 Å². The van der Waals surface area contributed by atoms with Crippen LogP contribution in [0.3, 0.4) is 0 Å². The van der Waals surface area contributed by atoms with E-state index in [4.69, 9.17) is 0 Å². The molecule has 7 rings (SSSR count). The van der Waals surface area contributed by atoms with E-state index in [1.807, 2.05) is 6.07 Å². The van der Waals surface area contributed by atoms with Crippen molar-refractivity contribution in [3.05, 3.63) is 236 Å². The standard InChI is InChI=1S/C16H10F15NO.C15H12F3NO.C14H8F5NO.C14H12FNO.4CH3.4Ti/c1-7-3-2-4-8(9(7)33)5-32-6-10(17,18)11(19,20)12(21,22)13(23,24)14(25,26)15(27,28)16(29,30)31;1-10-5-4-6-11(14(10)20)9-19-13-8-3-2-7-12(13)15(16,17)18;1-6-3-2-4-7(14(6)21)5-20-13-11(18)9(16)8(15)10(17)12(13)19;1-10-5-4-6-11(14(10)17)9-16-13-8-3-2-7-12(13)15;;;;;;;;/h2-5,33H,6H2,1H3;2-9,20H,1H3;2-5,21H,1H3;2-9,17H,1H3;4*1H3;;;;/q;;;;4*-1;4*+2. The summed E-state index contributed by atoms with van der Waals surface area (Å²) in [6.45, 7) is 3.49. The van der Waals surface area contributed by atoms with Crippen LogP contribution in [0.25, 0.3) is 0 Å². The molecule has 8 nitrogen and oxygen atoms in total. The van der Waals surface area contributed by atoms with E-state index in [0.29, 0.717) is 22.3 Å². The van der Waals surface area contributed by atoms with Gasteiger partial charge < -0.3 is 50.1 Å². The maximum atomic E-state index is 13.6. The summed E-state index contributed by atoms with van der Waals surface area (Å²) in [7, 11) is 0. The molecule has 0 saturated carbocycles. The van der Waals surface area contributed by atoms with Gasteiger partial charge >= 0.3 is 135 Å². The van der Waals surface area contributed by atoms with E-state index in [9.17, 15) is 126 Å². The van der Waals surface area contributed by atoms with E-state index in [-0.39, 0.29) is 168 Å². The van der Waals surface area contributed by atoms with Gasteiger partial charge in [-0.3, -0.25) is 15.0 Å². The molecule has 0 spiro atoms. The number of hydrogen-bond donors (Lipinski definition) is 4. The van der Waals surface area contributed by atoms with Crippen molar-refractivity contribution in [3.8, 4) is 23.0 Å². The molecule has 0 fully saturated rings. The van der Waals surface area contributed by atoms with E-state index in [0.717, 1.165) is 23.9 Å². The fourth-order valence-electron chi connectivity index (χ4n) is 7.00. The molecule has 7 aromatic rings. The molecule has 0 bridgehead atoms. The van der Waals surface area contributed by atoms with Crippen LogP contribution < -0.4 is 0 Å². The van der Waals surface area contributed by atoms with Crippen LogP contribution in [0.15, 0.2) is 141 Å². The molecular weight excluding hydrogens is 1520 g/mol. The maximum Gasteiger partial charge on any atom is 2.00 e. The molecule has 0 radical (unpaired) electrons. The predicted molar refractivity (Wildman–Crippen MR) is 311 cm³/mol. The molecule has 0 aromatic heterocycles. The van der Waals surface area contributed by atoms with Crippen LogP contribution in [0.1, 0.15) is 50.1 Å². The molecule has 4 N–H and O–H groups in total. The van der Waals surface area contributed by atoms with Crippen LogP contribution in [-0.4, -0.2) is 93.5 Å². The number of rotatable bonds is 14. The number of nitrogens with zero attached hydrogens (tertiary/aromatic N) is 4. The second-order valence-electron chi connectivity index (χ2n) is 18.8. The zero-order valence-corrected chi connectivity index (χ0v) is 58.5. The Hall–Kier alpha value is -6.40. The first kappa shape index (κ1) is 101. The van der Waals surface area contributed by atoms with E-state index in [1.54, 1.807) is 75.4 Å². The first-order valence-corrected chi connectivity index (χ1v) is 24.8. The average molecular weight is 1580 g/mol.